The maximum atomic E-state index is 12.3. The zero-order valence-electron chi connectivity index (χ0n) is 10.6. The highest BCUT2D eigenvalue weighted by Gasteiger charge is 2.60. The van der Waals surface area contributed by atoms with Gasteiger partial charge in [0.05, 0.1) is 24.5 Å². The lowest BCUT2D eigenvalue weighted by molar-refractivity contribution is -0.129. The van der Waals surface area contributed by atoms with Gasteiger partial charge in [0.1, 0.15) is 0 Å². The van der Waals surface area contributed by atoms with Crippen molar-refractivity contribution in [3.05, 3.63) is 0 Å². The van der Waals surface area contributed by atoms with E-state index in [0.29, 0.717) is 30.4 Å². The second-order valence-electron chi connectivity index (χ2n) is 6.15. The molecule has 4 aliphatic rings. The van der Waals surface area contributed by atoms with Crippen molar-refractivity contribution >= 4 is 11.9 Å². The third kappa shape index (κ3) is 1.22. The fourth-order valence-corrected chi connectivity index (χ4v) is 4.16. The number of piperidine rings is 1. The van der Waals surface area contributed by atoms with Gasteiger partial charge in [0.25, 0.3) is 0 Å². The normalized spacial score (nSPS) is 39.4. The summed E-state index contributed by atoms with van der Waals surface area (Å²) in [5, 5.41) is 0. The van der Waals surface area contributed by atoms with Gasteiger partial charge in [-0.25, -0.2) is 0 Å². The number of guanidine groups is 1. The average Bonchev–Trinajstić information content (AvgIpc) is 3.10. The highest BCUT2D eigenvalue weighted by molar-refractivity contribution is 5.87. The summed E-state index contributed by atoms with van der Waals surface area (Å²) < 4.78 is 0. The van der Waals surface area contributed by atoms with Crippen molar-refractivity contribution in [1.29, 1.82) is 0 Å². The van der Waals surface area contributed by atoms with Gasteiger partial charge in [0.2, 0.25) is 5.91 Å². The molecule has 0 aromatic rings. The zero-order valence-corrected chi connectivity index (χ0v) is 10.6. The molecule has 98 valence electrons. The minimum atomic E-state index is -0.0945. The molecule has 0 aromatic heterocycles. The molecular weight excluding hydrogens is 228 g/mol. The Morgan fingerprint density at radius 2 is 2.11 bits per heavy atom. The van der Waals surface area contributed by atoms with Crippen LogP contribution in [0.4, 0.5) is 0 Å². The molecule has 18 heavy (non-hydrogen) atoms. The van der Waals surface area contributed by atoms with Gasteiger partial charge in [-0.05, 0) is 32.1 Å². The van der Waals surface area contributed by atoms with Gasteiger partial charge in [-0.2, -0.15) is 0 Å². The smallest absolute Gasteiger partial charge is 0.225 e. The molecule has 1 amide bonds. The Balaban J connectivity index is 1.72. The SMILES string of the molecule is NC1=NCC2(CC(=O)N3CCCCC32)N1C1CC1. The first kappa shape index (κ1) is 10.6. The summed E-state index contributed by atoms with van der Waals surface area (Å²) in [5.41, 5.74) is 5.99. The molecule has 2 atom stereocenters. The number of rotatable bonds is 1. The van der Waals surface area contributed by atoms with Crippen molar-refractivity contribution in [3.63, 3.8) is 0 Å². The number of nitrogens with zero attached hydrogens (tertiary/aromatic N) is 3. The molecule has 5 heteroatoms. The van der Waals surface area contributed by atoms with Gasteiger partial charge >= 0.3 is 0 Å². The Labute approximate surface area is 107 Å². The first-order valence-electron chi connectivity index (χ1n) is 7.11. The highest BCUT2D eigenvalue weighted by Crippen LogP contribution is 2.46. The van der Waals surface area contributed by atoms with E-state index in [2.05, 4.69) is 14.8 Å². The van der Waals surface area contributed by atoms with Crippen LogP contribution in [-0.4, -0.2) is 52.4 Å². The predicted octanol–water partition coefficient (Wildman–Crippen LogP) is 0.303. The number of aliphatic imine (C=N–C) groups is 1. The molecule has 5 nitrogen and oxygen atoms in total. The summed E-state index contributed by atoms with van der Waals surface area (Å²) in [6.45, 7) is 1.66. The average molecular weight is 248 g/mol. The van der Waals surface area contributed by atoms with Crippen LogP contribution in [0.2, 0.25) is 0 Å². The van der Waals surface area contributed by atoms with Crippen LogP contribution in [0.1, 0.15) is 38.5 Å². The highest BCUT2D eigenvalue weighted by atomic mass is 16.2. The number of hydrogen-bond acceptors (Lipinski definition) is 4. The van der Waals surface area contributed by atoms with Crippen LogP contribution in [-0.2, 0) is 4.79 Å². The van der Waals surface area contributed by atoms with E-state index in [4.69, 9.17) is 5.73 Å². The Kier molecular flexibility index (Phi) is 2.01. The van der Waals surface area contributed by atoms with Crippen molar-refractivity contribution in [1.82, 2.24) is 9.80 Å². The summed E-state index contributed by atoms with van der Waals surface area (Å²) in [6, 6.07) is 0.898. The summed E-state index contributed by atoms with van der Waals surface area (Å²) in [6.07, 6.45) is 6.54. The van der Waals surface area contributed by atoms with E-state index < -0.39 is 0 Å². The third-order valence-corrected chi connectivity index (χ3v) is 5.05. The van der Waals surface area contributed by atoms with Crippen molar-refractivity contribution in [2.24, 2.45) is 10.7 Å². The monoisotopic (exact) mass is 248 g/mol. The molecule has 0 aromatic carbocycles. The van der Waals surface area contributed by atoms with Crippen molar-refractivity contribution in [2.75, 3.05) is 13.1 Å². The van der Waals surface area contributed by atoms with E-state index in [0.717, 1.165) is 25.9 Å². The standard InChI is InChI=1S/C13H20N4O/c14-12-15-8-13(17(12)9-4-5-9)7-11(18)16-6-2-1-3-10(13)16/h9-10H,1-8H2,(H2,14,15). The Bertz CT molecular complexity index is 431. The summed E-state index contributed by atoms with van der Waals surface area (Å²) in [5.74, 6) is 0.993. The number of amides is 1. The van der Waals surface area contributed by atoms with Crippen LogP contribution in [0.3, 0.4) is 0 Å². The second kappa shape index (κ2) is 3.39. The Hall–Kier alpha value is -1.26. The lowest BCUT2D eigenvalue weighted by Gasteiger charge is -2.43. The van der Waals surface area contributed by atoms with Gasteiger partial charge in [0.15, 0.2) is 5.96 Å². The first-order valence-corrected chi connectivity index (χ1v) is 7.11. The summed E-state index contributed by atoms with van der Waals surface area (Å²) in [4.78, 5) is 21.2. The molecule has 3 heterocycles. The van der Waals surface area contributed by atoms with E-state index in [-0.39, 0.29) is 5.54 Å². The van der Waals surface area contributed by atoms with Gasteiger partial charge in [0, 0.05) is 12.6 Å². The maximum Gasteiger partial charge on any atom is 0.225 e. The van der Waals surface area contributed by atoms with E-state index in [1.807, 2.05) is 0 Å². The Morgan fingerprint density at radius 1 is 1.28 bits per heavy atom. The van der Waals surface area contributed by atoms with Crippen molar-refractivity contribution in [2.45, 2.75) is 56.1 Å². The maximum absolute atomic E-state index is 12.3. The van der Waals surface area contributed by atoms with Crippen LogP contribution < -0.4 is 5.73 Å². The molecule has 3 fully saturated rings. The third-order valence-electron chi connectivity index (χ3n) is 5.05. The van der Waals surface area contributed by atoms with Gasteiger partial charge in [-0.1, -0.05) is 0 Å². The van der Waals surface area contributed by atoms with Crippen LogP contribution in [0.15, 0.2) is 4.99 Å². The number of nitrogens with two attached hydrogens (primary N) is 1. The summed E-state index contributed by atoms with van der Waals surface area (Å²) >= 11 is 0. The lowest BCUT2D eigenvalue weighted by Crippen LogP contribution is -2.60. The van der Waals surface area contributed by atoms with Crippen LogP contribution in [0.25, 0.3) is 0 Å². The fraction of sp³-hybridized carbons (Fsp3) is 0.846. The van der Waals surface area contributed by atoms with E-state index in [1.165, 1.54) is 19.3 Å². The fourth-order valence-electron chi connectivity index (χ4n) is 4.16. The molecule has 4 rings (SSSR count). The minimum absolute atomic E-state index is 0.0945. The summed E-state index contributed by atoms with van der Waals surface area (Å²) in [7, 11) is 0. The molecule has 3 aliphatic heterocycles. The van der Waals surface area contributed by atoms with Gasteiger partial charge in [-0.3, -0.25) is 9.79 Å². The molecule has 2 saturated heterocycles. The lowest BCUT2D eigenvalue weighted by atomic mass is 9.84. The quantitative estimate of drug-likeness (QED) is 0.726. The molecule has 2 N–H and O–H groups in total. The van der Waals surface area contributed by atoms with Crippen LogP contribution in [0.5, 0.6) is 0 Å². The molecule has 0 radical (unpaired) electrons. The van der Waals surface area contributed by atoms with E-state index >= 15 is 0 Å². The molecule has 1 aliphatic carbocycles. The van der Waals surface area contributed by atoms with Gasteiger partial charge < -0.3 is 15.5 Å². The van der Waals surface area contributed by atoms with E-state index in [9.17, 15) is 4.79 Å². The largest absolute Gasteiger partial charge is 0.370 e. The predicted molar refractivity (Wildman–Crippen MR) is 68.1 cm³/mol. The molecule has 1 saturated carbocycles. The second-order valence-corrected chi connectivity index (χ2v) is 6.15. The number of carbonyl (C=O) groups excluding carboxylic acids is 1. The van der Waals surface area contributed by atoms with E-state index in [1.54, 1.807) is 0 Å². The first-order chi connectivity index (χ1) is 8.72. The molecule has 1 spiro atoms. The zero-order chi connectivity index (χ0) is 12.3. The van der Waals surface area contributed by atoms with Crippen LogP contribution >= 0.6 is 0 Å². The number of fused-ring (bicyclic) bond motifs is 2. The molecule has 2 unspecified atom stereocenters. The minimum Gasteiger partial charge on any atom is -0.370 e. The van der Waals surface area contributed by atoms with Crippen molar-refractivity contribution < 1.29 is 4.79 Å². The number of carbonyl (C=O) groups is 1. The Morgan fingerprint density at radius 3 is 2.89 bits per heavy atom. The molecular formula is C13H20N4O. The topological polar surface area (TPSA) is 61.9 Å². The van der Waals surface area contributed by atoms with Crippen LogP contribution in [0, 0.1) is 0 Å². The number of hydrogen-bond donors (Lipinski definition) is 1. The molecule has 0 bridgehead atoms. The van der Waals surface area contributed by atoms with Gasteiger partial charge in [-0.15, -0.1) is 0 Å². The van der Waals surface area contributed by atoms with Crippen molar-refractivity contribution in [3.8, 4) is 0 Å².